The lowest BCUT2D eigenvalue weighted by atomic mass is 10.1. The Morgan fingerprint density at radius 3 is 2.78 bits per heavy atom. The second kappa shape index (κ2) is 7.04. The Kier molecular flexibility index (Phi) is 6.02. The molecule has 1 unspecified atom stereocenters. The highest BCUT2D eigenvalue weighted by Gasteiger charge is 2.19. The van der Waals surface area contributed by atoms with Gasteiger partial charge in [0.25, 0.3) is 5.91 Å². The van der Waals surface area contributed by atoms with Crippen molar-refractivity contribution in [2.24, 2.45) is 0 Å². The van der Waals surface area contributed by atoms with E-state index >= 15 is 0 Å². The summed E-state index contributed by atoms with van der Waals surface area (Å²) in [6.45, 7) is 2.04. The van der Waals surface area contributed by atoms with Crippen LogP contribution in [0.3, 0.4) is 0 Å². The smallest absolute Gasteiger partial charge is 0.255 e. The number of hydrogen-bond donors (Lipinski definition) is 0. The monoisotopic (exact) mass is 331 g/mol. The number of amides is 1. The number of methoxy groups -OCH3 is 1. The Hall–Kier alpha value is -0.680. The highest BCUT2D eigenvalue weighted by Crippen LogP contribution is 2.24. The molecule has 0 spiro atoms. The quantitative estimate of drug-likeness (QED) is 0.829. The number of thioether (sulfide) groups is 1. The van der Waals surface area contributed by atoms with Crippen LogP contribution in [0.5, 0.6) is 5.75 Å². The van der Waals surface area contributed by atoms with Crippen LogP contribution >= 0.6 is 27.7 Å². The Labute approximate surface area is 121 Å². The van der Waals surface area contributed by atoms with Crippen molar-refractivity contribution in [1.82, 2.24) is 4.90 Å². The van der Waals surface area contributed by atoms with Gasteiger partial charge in [-0.1, -0.05) is 0 Å². The summed E-state index contributed by atoms with van der Waals surface area (Å²) in [5, 5.41) is 0. The number of halogens is 1. The average molecular weight is 332 g/mol. The molecule has 1 amide bonds. The average Bonchev–Trinajstić information content (AvgIpc) is 2.38. The molecule has 0 bridgehead atoms. The molecule has 0 heterocycles. The molecular weight excluding hydrogens is 314 g/mol. The number of carbonyl (C=O) groups is 1. The largest absolute Gasteiger partial charge is 0.497 e. The summed E-state index contributed by atoms with van der Waals surface area (Å²) < 4.78 is 5.94. The van der Waals surface area contributed by atoms with Gasteiger partial charge in [-0.05, 0) is 47.3 Å². The summed E-state index contributed by atoms with van der Waals surface area (Å²) in [6, 6.07) is 5.62. The summed E-state index contributed by atoms with van der Waals surface area (Å²) in [7, 11) is 3.42. The van der Waals surface area contributed by atoms with E-state index in [4.69, 9.17) is 4.74 Å². The fraction of sp³-hybridized carbons (Fsp3) is 0.462. The Morgan fingerprint density at radius 1 is 1.56 bits per heavy atom. The van der Waals surface area contributed by atoms with E-state index < -0.39 is 0 Å². The van der Waals surface area contributed by atoms with Gasteiger partial charge in [-0.2, -0.15) is 11.8 Å². The second-order valence-corrected chi connectivity index (χ2v) is 5.83. The Morgan fingerprint density at radius 2 is 2.22 bits per heavy atom. The van der Waals surface area contributed by atoms with Crippen molar-refractivity contribution >= 4 is 33.6 Å². The van der Waals surface area contributed by atoms with Crippen molar-refractivity contribution in [3.8, 4) is 5.75 Å². The van der Waals surface area contributed by atoms with Crippen molar-refractivity contribution in [2.45, 2.75) is 13.0 Å². The van der Waals surface area contributed by atoms with Crippen molar-refractivity contribution < 1.29 is 9.53 Å². The van der Waals surface area contributed by atoms with E-state index in [1.54, 1.807) is 29.8 Å². The third-order valence-corrected chi connectivity index (χ3v) is 4.30. The minimum absolute atomic E-state index is 0.00215. The van der Waals surface area contributed by atoms with E-state index in [9.17, 15) is 4.79 Å². The summed E-state index contributed by atoms with van der Waals surface area (Å²) in [5.41, 5.74) is 0.629. The number of ether oxygens (including phenoxy) is 1. The maximum absolute atomic E-state index is 12.4. The number of rotatable bonds is 5. The van der Waals surface area contributed by atoms with E-state index in [0.29, 0.717) is 11.3 Å². The van der Waals surface area contributed by atoms with Gasteiger partial charge in [0, 0.05) is 23.3 Å². The zero-order chi connectivity index (χ0) is 13.7. The molecule has 1 aromatic carbocycles. The topological polar surface area (TPSA) is 29.5 Å². The van der Waals surface area contributed by atoms with E-state index in [1.165, 1.54) is 0 Å². The van der Waals surface area contributed by atoms with Gasteiger partial charge in [0.15, 0.2) is 0 Å². The lowest BCUT2D eigenvalue weighted by molar-refractivity contribution is 0.0756. The van der Waals surface area contributed by atoms with Crippen LogP contribution in [0.1, 0.15) is 17.3 Å². The van der Waals surface area contributed by atoms with Gasteiger partial charge in [-0.15, -0.1) is 0 Å². The van der Waals surface area contributed by atoms with Crippen LogP contribution in [0.15, 0.2) is 22.7 Å². The molecule has 1 rings (SSSR count). The van der Waals surface area contributed by atoms with Crippen molar-refractivity contribution in [3.63, 3.8) is 0 Å². The first kappa shape index (κ1) is 15.4. The predicted octanol–water partition coefficient (Wildman–Crippen LogP) is 3.28. The molecule has 3 nitrogen and oxygen atoms in total. The number of carbonyl (C=O) groups excluding carboxylic acids is 1. The summed E-state index contributed by atoms with van der Waals surface area (Å²) >= 11 is 5.14. The van der Waals surface area contributed by atoms with Gasteiger partial charge in [0.1, 0.15) is 5.75 Å². The first-order chi connectivity index (χ1) is 8.51. The molecule has 1 atom stereocenters. The normalized spacial score (nSPS) is 12.1. The Bertz CT molecular complexity index is 425. The van der Waals surface area contributed by atoms with Crippen LogP contribution in [0.25, 0.3) is 0 Å². The molecule has 0 radical (unpaired) electrons. The summed E-state index contributed by atoms with van der Waals surface area (Å²) in [4.78, 5) is 14.1. The highest BCUT2D eigenvalue weighted by molar-refractivity contribution is 9.10. The number of benzene rings is 1. The van der Waals surface area contributed by atoms with Gasteiger partial charge in [0.2, 0.25) is 0 Å². The standard InChI is InChI=1S/C13H18BrNO2S/c1-9(8-18-4)15(2)13(16)11-7-10(17-3)5-6-12(11)14/h5-7,9H,8H2,1-4H3. The van der Waals surface area contributed by atoms with Gasteiger partial charge in [-0.25, -0.2) is 0 Å². The molecule has 0 saturated carbocycles. The predicted molar refractivity (Wildman–Crippen MR) is 80.6 cm³/mol. The van der Waals surface area contributed by atoms with Crippen LogP contribution in [0.4, 0.5) is 0 Å². The first-order valence-electron chi connectivity index (χ1n) is 5.61. The van der Waals surface area contributed by atoms with Crippen LogP contribution in [-0.2, 0) is 0 Å². The highest BCUT2D eigenvalue weighted by atomic mass is 79.9. The fourth-order valence-corrected chi connectivity index (χ4v) is 2.66. The Balaban J connectivity index is 2.95. The number of hydrogen-bond acceptors (Lipinski definition) is 3. The molecule has 5 heteroatoms. The summed E-state index contributed by atoms with van der Waals surface area (Å²) in [6.07, 6.45) is 2.04. The zero-order valence-corrected chi connectivity index (χ0v) is 13.5. The molecule has 0 aromatic heterocycles. The number of nitrogens with zero attached hydrogens (tertiary/aromatic N) is 1. The van der Waals surface area contributed by atoms with Gasteiger partial charge < -0.3 is 9.64 Å². The SMILES string of the molecule is COc1ccc(Br)c(C(=O)N(C)C(C)CSC)c1. The van der Waals surface area contributed by atoms with Crippen molar-refractivity contribution in [2.75, 3.05) is 26.2 Å². The molecule has 100 valence electrons. The van der Waals surface area contributed by atoms with E-state index in [1.807, 2.05) is 32.4 Å². The molecule has 0 aliphatic rings. The van der Waals surface area contributed by atoms with Crippen LogP contribution in [-0.4, -0.2) is 43.0 Å². The van der Waals surface area contributed by atoms with Gasteiger partial charge in [-0.3, -0.25) is 4.79 Å². The molecule has 18 heavy (non-hydrogen) atoms. The molecular formula is C13H18BrNO2S. The van der Waals surface area contributed by atoms with Crippen LogP contribution in [0.2, 0.25) is 0 Å². The molecule has 0 N–H and O–H groups in total. The van der Waals surface area contributed by atoms with E-state index in [0.717, 1.165) is 10.2 Å². The minimum atomic E-state index is 0.00215. The zero-order valence-electron chi connectivity index (χ0n) is 11.1. The minimum Gasteiger partial charge on any atom is -0.497 e. The first-order valence-corrected chi connectivity index (χ1v) is 7.79. The van der Waals surface area contributed by atoms with E-state index in [-0.39, 0.29) is 11.9 Å². The van der Waals surface area contributed by atoms with Crippen LogP contribution < -0.4 is 4.74 Å². The molecule has 0 fully saturated rings. The van der Waals surface area contributed by atoms with Crippen LogP contribution in [0, 0.1) is 0 Å². The molecule has 1 aromatic rings. The third-order valence-electron chi connectivity index (χ3n) is 2.79. The summed E-state index contributed by atoms with van der Waals surface area (Å²) in [5.74, 6) is 1.61. The van der Waals surface area contributed by atoms with Gasteiger partial charge in [0.05, 0.1) is 12.7 Å². The van der Waals surface area contributed by atoms with Crippen molar-refractivity contribution in [1.29, 1.82) is 0 Å². The van der Waals surface area contributed by atoms with Crippen molar-refractivity contribution in [3.05, 3.63) is 28.2 Å². The maximum atomic E-state index is 12.4. The van der Waals surface area contributed by atoms with E-state index in [2.05, 4.69) is 15.9 Å². The third kappa shape index (κ3) is 3.65. The maximum Gasteiger partial charge on any atom is 0.255 e. The second-order valence-electron chi connectivity index (χ2n) is 4.07. The molecule has 0 saturated heterocycles. The molecule has 0 aliphatic heterocycles. The fourth-order valence-electron chi connectivity index (χ4n) is 1.54. The lowest BCUT2D eigenvalue weighted by Gasteiger charge is -2.25. The lowest BCUT2D eigenvalue weighted by Crippen LogP contribution is -2.36. The molecule has 0 aliphatic carbocycles. The van der Waals surface area contributed by atoms with Gasteiger partial charge >= 0.3 is 0 Å².